The minimum absolute atomic E-state index is 0.143. The van der Waals surface area contributed by atoms with Crippen LogP contribution in [0.5, 0.6) is 5.75 Å². The van der Waals surface area contributed by atoms with Crippen LogP contribution >= 0.6 is 0 Å². The normalized spacial score (nSPS) is 11.5. The van der Waals surface area contributed by atoms with Gasteiger partial charge >= 0.3 is 0 Å². The molecule has 0 amide bonds. The van der Waals surface area contributed by atoms with E-state index in [0.29, 0.717) is 0 Å². The van der Waals surface area contributed by atoms with Crippen LogP contribution in [0.25, 0.3) is 0 Å². The Kier molecular flexibility index (Phi) is 1.90. The summed E-state index contributed by atoms with van der Waals surface area (Å²) in [5.41, 5.74) is 1.33. The van der Waals surface area contributed by atoms with E-state index in [9.17, 15) is 0 Å². The van der Waals surface area contributed by atoms with Gasteiger partial charge in [0.2, 0.25) is 0 Å². The first-order valence-electron chi connectivity index (χ1n) is 3.71. The zero-order chi connectivity index (χ0) is 8.48. The molecule has 1 aromatic carbocycles. The molecule has 0 spiro atoms. The van der Waals surface area contributed by atoms with Crippen LogP contribution in [0.15, 0.2) is 18.2 Å². The molecule has 0 bridgehead atoms. The third-order valence-electron chi connectivity index (χ3n) is 1.66. The lowest BCUT2D eigenvalue weighted by Gasteiger charge is -2.18. The van der Waals surface area contributed by atoms with Gasteiger partial charge in [-0.2, -0.15) is 0 Å². The van der Waals surface area contributed by atoms with E-state index >= 15 is 0 Å². The number of phenolic OH excluding ortho intramolecular Hbond substituents is 1. The molecule has 1 N–H and O–H groups in total. The Hall–Kier alpha value is -0.980. The molecule has 0 unspecified atom stereocenters. The predicted octanol–water partition coefficient (Wildman–Crippen LogP) is 2.49. The van der Waals surface area contributed by atoms with Crippen LogP contribution < -0.4 is 0 Å². The van der Waals surface area contributed by atoms with Crippen molar-refractivity contribution in [2.24, 2.45) is 0 Å². The largest absolute Gasteiger partial charge is 0.507 e. The third kappa shape index (κ3) is 1.97. The molecule has 0 fully saturated rings. The maximum absolute atomic E-state index is 8.97. The molecular weight excluding hydrogens is 136 g/mol. The molecule has 59 valence electrons. The highest BCUT2D eigenvalue weighted by Gasteiger charge is 2.12. The zero-order valence-electron chi connectivity index (χ0n) is 7.18. The Morgan fingerprint density at radius 3 is 2.27 bits per heavy atom. The van der Waals surface area contributed by atoms with Crippen molar-refractivity contribution in [3.05, 3.63) is 29.8 Å². The lowest BCUT2D eigenvalue weighted by Crippen LogP contribution is -2.10. The first-order chi connectivity index (χ1) is 5.00. The molecule has 0 aliphatic rings. The first-order valence-corrected chi connectivity index (χ1v) is 3.71. The molecule has 1 heteroatoms. The molecule has 1 aromatic rings. The lowest BCUT2D eigenvalue weighted by molar-refractivity contribution is 0.473. The van der Waals surface area contributed by atoms with Gasteiger partial charge < -0.3 is 5.11 Å². The zero-order valence-corrected chi connectivity index (χ0v) is 7.18. The Morgan fingerprint density at radius 1 is 1.27 bits per heavy atom. The molecule has 0 saturated carbocycles. The summed E-state index contributed by atoms with van der Waals surface area (Å²) in [6.07, 6.45) is 0. The average molecular weight is 149 g/mol. The van der Waals surface area contributed by atoms with Crippen LogP contribution in [0.4, 0.5) is 0 Å². The van der Waals surface area contributed by atoms with Gasteiger partial charge in [-0.3, -0.25) is 0 Å². The highest BCUT2D eigenvalue weighted by Crippen LogP contribution is 2.23. The Balaban J connectivity index is 2.99. The van der Waals surface area contributed by atoms with E-state index in [0.717, 1.165) is 0 Å². The monoisotopic (exact) mass is 149 g/mol. The SMILES string of the molecule is CC(C)(C)c1c[c]c(O)cc1. The molecule has 0 aliphatic heterocycles. The smallest absolute Gasteiger partial charge is 0.123 e. The first kappa shape index (κ1) is 8.12. The van der Waals surface area contributed by atoms with Crippen molar-refractivity contribution >= 4 is 0 Å². The minimum atomic E-state index is 0.143. The third-order valence-corrected chi connectivity index (χ3v) is 1.66. The van der Waals surface area contributed by atoms with Gasteiger partial charge in [0, 0.05) is 6.07 Å². The lowest BCUT2D eigenvalue weighted by atomic mass is 9.87. The molecule has 1 nitrogen and oxygen atoms in total. The van der Waals surface area contributed by atoms with Crippen LogP contribution in [0.3, 0.4) is 0 Å². The molecule has 0 saturated heterocycles. The fourth-order valence-electron chi connectivity index (χ4n) is 0.883. The molecule has 11 heavy (non-hydrogen) atoms. The number of benzene rings is 1. The van der Waals surface area contributed by atoms with E-state index in [1.54, 1.807) is 6.07 Å². The topological polar surface area (TPSA) is 20.2 Å². The van der Waals surface area contributed by atoms with Crippen LogP contribution in [-0.2, 0) is 5.41 Å². The van der Waals surface area contributed by atoms with E-state index < -0.39 is 0 Å². The molecule has 0 atom stereocenters. The second-order valence-corrected chi connectivity index (χ2v) is 3.71. The standard InChI is InChI=1S/C10H13O/c1-10(2,3)8-4-6-9(11)7-5-8/h4-6,11H,1-3H3. The molecule has 0 heterocycles. The highest BCUT2D eigenvalue weighted by molar-refractivity contribution is 5.28. The fraction of sp³-hybridized carbons (Fsp3) is 0.400. The maximum atomic E-state index is 8.97. The van der Waals surface area contributed by atoms with Crippen LogP contribution in [0, 0.1) is 6.07 Å². The van der Waals surface area contributed by atoms with Crippen molar-refractivity contribution < 1.29 is 5.11 Å². The van der Waals surface area contributed by atoms with E-state index in [2.05, 4.69) is 26.8 Å². The van der Waals surface area contributed by atoms with Crippen molar-refractivity contribution in [1.29, 1.82) is 0 Å². The van der Waals surface area contributed by atoms with Gasteiger partial charge in [0.25, 0.3) is 0 Å². The van der Waals surface area contributed by atoms with Gasteiger partial charge in [0.1, 0.15) is 5.75 Å². The van der Waals surface area contributed by atoms with E-state index in [1.807, 2.05) is 12.1 Å². The van der Waals surface area contributed by atoms with Crippen molar-refractivity contribution in [3.63, 3.8) is 0 Å². The summed E-state index contributed by atoms with van der Waals surface area (Å²) < 4.78 is 0. The van der Waals surface area contributed by atoms with E-state index in [4.69, 9.17) is 5.11 Å². The maximum Gasteiger partial charge on any atom is 0.123 e. The summed E-state index contributed by atoms with van der Waals surface area (Å²) >= 11 is 0. The number of phenols is 1. The molecule has 1 radical (unpaired) electrons. The fourth-order valence-corrected chi connectivity index (χ4v) is 0.883. The Bertz CT molecular complexity index is 228. The van der Waals surface area contributed by atoms with Crippen molar-refractivity contribution in [2.75, 3.05) is 0 Å². The summed E-state index contributed by atoms with van der Waals surface area (Å²) in [7, 11) is 0. The van der Waals surface area contributed by atoms with Crippen LogP contribution in [-0.4, -0.2) is 5.11 Å². The van der Waals surface area contributed by atoms with Crippen LogP contribution in [0.2, 0.25) is 0 Å². The average Bonchev–Trinajstić information content (AvgIpc) is 1.86. The predicted molar refractivity (Wildman–Crippen MR) is 45.6 cm³/mol. The van der Waals surface area contributed by atoms with Gasteiger partial charge in [0.15, 0.2) is 0 Å². The second-order valence-electron chi connectivity index (χ2n) is 3.71. The molecule has 0 aromatic heterocycles. The molecule has 1 rings (SSSR count). The highest BCUT2D eigenvalue weighted by atomic mass is 16.3. The summed E-state index contributed by atoms with van der Waals surface area (Å²) in [6, 6.07) is 8.18. The van der Waals surface area contributed by atoms with Gasteiger partial charge in [-0.15, -0.1) is 0 Å². The van der Waals surface area contributed by atoms with Gasteiger partial charge in [-0.05, 0) is 23.1 Å². The van der Waals surface area contributed by atoms with Crippen molar-refractivity contribution in [2.45, 2.75) is 26.2 Å². The second kappa shape index (κ2) is 2.57. The summed E-state index contributed by atoms with van der Waals surface area (Å²) in [4.78, 5) is 0. The summed E-state index contributed by atoms with van der Waals surface area (Å²) in [5, 5.41) is 8.97. The van der Waals surface area contributed by atoms with E-state index in [-0.39, 0.29) is 11.2 Å². The summed E-state index contributed by atoms with van der Waals surface area (Å²) in [6.45, 7) is 6.40. The molecule has 0 aliphatic carbocycles. The Labute approximate surface area is 67.7 Å². The van der Waals surface area contributed by atoms with Crippen LogP contribution in [0.1, 0.15) is 26.3 Å². The minimum Gasteiger partial charge on any atom is -0.507 e. The van der Waals surface area contributed by atoms with Crippen molar-refractivity contribution in [1.82, 2.24) is 0 Å². The Morgan fingerprint density at radius 2 is 1.91 bits per heavy atom. The van der Waals surface area contributed by atoms with Gasteiger partial charge in [-0.1, -0.05) is 26.8 Å². The number of hydrogen-bond donors (Lipinski definition) is 1. The van der Waals surface area contributed by atoms with Gasteiger partial charge in [-0.25, -0.2) is 0 Å². The van der Waals surface area contributed by atoms with Crippen molar-refractivity contribution in [3.8, 4) is 5.75 Å². The van der Waals surface area contributed by atoms with Gasteiger partial charge in [0.05, 0.1) is 0 Å². The number of aromatic hydroxyl groups is 1. The quantitative estimate of drug-likeness (QED) is 0.600. The number of hydrogen-bond acceptors (Lipinski definition) is 1. The summed E-state index contributed by atoms with van der Waals surface area (Å²) in [5.74, 6) is 0.206. The van der Waals surface area contributed by atoms with E-state index in [1.165, 1.54) is 5.56 Å². The number of rotatable bonds is 0. The molecular formula is C10H13O.